The summed E-state index contributed by atoms with van der Waals surface area (Å²) in [6, 6.07) is 6.32. The quantitative estimate of drug-likeness (QED) is 0.591. The van der Waals surface area contributed by atoms with Crippen LogP contribution in [0.5, 0.6) is 0 Å². The highest BCUT2D eigenvalue weighted by Crippen LogP contribution is 2.47. The first-order valence-corrected chi connectivity index (χ1v) is 14.3. The van der Waals surface area contributed by atoms with Crippen LogP contribution in [0.3, 0.4) is 0 Å². The number of likely N-dealkylation sites (tertiary alicyclic amines) is 1. The summed E-state index contributed by atoms with van der Waals surface area (Å²) in [4.78, 5) is 19.5. The smallest absolute Gasteiger partial charge is 0.241 e. The van der Waals surface area contributed by atoms with E-state index in [1.54, 1.807) is 24.8 Å². The van der Waals surface area contributed by atoms with Gasteiger partial charge >= 0.3 is 0 Å². The highest BCUT2D eigenvalue weighted by atomic mass is 35.5. The summed E-state index contributed by atoms with van der Waals surface area (Å²) in [5, 5.41) is 4.97. The maximum atomic E-state index is 13.5. The lowest BCUT2D eigenvalue weighted by molar-refractivity contribution is -0.136. The number of carbonyl (C=O) groups excluding carboxylic acids is 1. The molecule has 1 aromatic heterocycles. The number of nitrogens with zero attached hydrogens (tertiary/aromatic N) is 4. The average Bonchev–Trinajstić information content (AvgIpc) is 3.33. The largest absolute Gasteiger partial charge is 0.341 e. The van der Waals surface area contributed by atoms with E-state index in [1.165, 1.54) is 32.1 Å². The summed E-state index contributed by atoms with van der Waals surface area (Å²) in [7, 11) is -3.55. The monoisotopic (exact) mass is 507 g/mol. The molecule has 2 heterocycles. The van der Waals surface area contributed by atoms with Gasteiger partial charge in [-0.3, -0.25) is 9.48 Å². The lowest BCUT2D eigenvalue weighted by Crippen LogP contribution is -2.54. The van der Waals surface area contributed by atoms with Gasteiger partial charge in [0.2, 0.25) is 15.9 Å². The molecule has 34 heavy (non-hydrogen) atoms. The molecule has 186 valence electrons. The molecule has 2 aliphatic rings. The standard InChI is InChI=1S/C24H34ClN5O3S/c1-34(32,33)28-22(15-19-7-9-21(25)10-8-19)23(31)29-13-11-24(12-14-29,16-30-18-26-17-27-30)20-5-3-2-4-6-20/h7-10,17-18,20,22,28H,2-6,11-16H2,1H3/t22-/m1/s1. The Balaban J connectivity index is 1.48. The van der Waals surface area contributed by atoms with Crippen LogP contribution >= 0.6 is 11.6 Å². The Hall–Kier alpha value is -1.97. The predicted molar refractivity (Wildman–Crippen MR) is 132 cm³/mol. The second kappa shape index (κ2) is 10.7. The zero-order valence-corrected chi connectivity index (χ0v) is 21.3. The molecule has 0 bridgehead atoms. The second-order valence-electron chi connectivity index (χ2n) is 9.89. The molecule has 1 amide bonds. The fourth-order valence-corrected chi connectivity index (χ4v) is 6.56. The lowest BCUT2D eigenvalue weighted by Gasteiger charge is -2.48. The summed E-state index contributed by atoms with van der Waals surface area (Å²) in [6.07, 6.45) is 12.8. The molecule has 1 aromatic carbocycles. The van der Waals surface area contributed by atoms with E-state index >= 15 is 0 Å². The van der Waals surface area contributed by atoms with Crippen molar-refractivity contribution in [2.45, 2.75) is 64.0 Å². The number of rotatable bonds is 8. The Kier molecular flexibility index (Phi) is 7.94. The summed E-state index contributed by atoms with van der Waals surface area (Å²) in [5.41, 5.74) is 0.944. The number of benzene rings is 1. The zero-order valence-electron chi connectivity index (χ0n) is 19.7. The number of halogens is 1. The van der Waals surface area contributed by atoms with Gasteiger partial charge in [0.25, 0.3) is 0 Å². The number of piperidine rings is 1. The third kappa shape index (κ3) is 6.37. The van der Waals surface area contributed by atoms with Crippen LogP contribution in [-0.4, -0.2) is 59.4 Å². The Bertz CT molecular complexity index is 1040. The number of aromatic nitrogens is 3. The third-order valence-electron chi connectivity index (χ3n) is 7.49. The van der Waals surface area contributed by atoms with E-state index in [1.807, 2.05) is 21.7 Å². The number of sulfonamides is 1. The number of hydrogen-bond acceptors (Lipinski definition) is 5. The molecule has 8 nitrogen and oxygen atoms in total. The van der Waals surface area contributed by atoms with Gasteiger partial charge in [-0.15, -0.1) is 0 Å². The molecule has 1 atom stereocenters. The van der Waals surface area contributed by atoms with Crippen molar-refractivity contribution in [2.75, 3.05) is 19.3 Å². The molecule has 1 N–H and O–H groups in total. The molecule has 10 heteroatoms. The van der Waals surface area contributed by atoms with Crippen LogP contribution in [-0.2, 0) is 27.8 Å². The highest BCUT2D eigenvalue weighted by Gasteiger charge is 2.43. The minimum Gasteiger partial charge on any atom is -0.341 e. The zero-order chi connectivity index (χ0) is 24.2. The summed E-state index contributed by atoms with van der Waals surface area (Å²) < 4.78 is 28.6. The van der Waals surface area contributed by atoms with Crippen molar-refractivity contribution in [3.8, 4) is 0 Å². The van der Waals surface area contributed by atoms with Crippen molar-refractivity contribution < 1.29 is 13.2 Å². The first-order valence-electron chi connectivity index (χ1n) is 12.1. The van der Waals surface area contributed by atoms with Gasteiger partial charge in [-0.05, 0) is 61.1 Å². The van der Waals surface area contributed by atoms with Crippen LogP contribution in [0.2, 0.25) is 5.02 Å². The van der Waals surface area contributed by atoms with Crippen molar-refractivity contribution in [3.05, 3.63) is 47.5 Å². The Morgan fingerprint density at radius 1 is 1.18 bits per heavy atom. The van der Waals surface area contributed by atoms with Gasteiger partial charge < -0.3 is 4.90 Å². The van der Waals surface area contributed by atoms with E-state index < -0.39 is 16.1 Å². The van der Waals surface area contributed by atoms with Crippen molar-refractivity contribution in [2.24, 2.45) is 11.3 Å². The molecule has 1 saturated heterocycles. The third-order valence-corrected chi connectivity index (χ3v) is 8.46. The van der Waals surface area contributed by atoms with Crippen molar-refractivity contribution in [1.29, 1.82) is 0 Å². The van der Waals surface area contributed by atoms with Gasteiger partial charge in [-0.2, -0.15) is 5.10 Å². The number of carbonyl (C=O) groups is 1. The molecule has 1 aliphatic carbocycles. The van der Waals surface area contributed by atoms with Crippen LogP contribution in [0, 0.1) is 11.3 Å². The summed E-state index contributed by atoms with van der Waals surface area (Å²) in [6.45, 7) is 2.05. The number of hydrogen-bond donors (Lipinski definition) is 1. The molecule has 0 spiro atoms. The molecular weight excluding hydrogens is 474 g/mol. The maximum Gasteiger partial charge on any atom is 0.241 e. The normalized spacial score (nSPS) is 20.2. The van der Waals surface area contributed by atoms with E-state index in [9.17, 15) is 13.2 Å². The molecule has 2 aromatic rings. The molecular formula is C24H34ClN5O3S. The minimum atomic E-state index is -3.55. The van der Waals surface area contributed by atoms with Gasteiger partial charge in [0, 0.05) is 24.7 Å². The van der Waals surface area contributed by atoms with Gasteiger partial charge in [0.1, 0.15) is 18.7 Å². The Labute approximate surface area is 207 Å². The first kappa shape index (κ1) is 25.1. The van der Waals surface area contributed by atoms with Gasteiger partial charge in [-0.1, -0.05) is 43.0 Å². The van der Waals surface area contributed by atoms with Crippen molar-refractivity contribution in [1.82, 2.24) is 24.4 Å². The van der Waals surface area contributed by atoms with Crippen molar-refractivity contribution in [3.63, 3.8) is 0 Å². The SMILES string of the molecule is CS(=O)(=O)N[C@H](Cc1ccc(Cl)cc1)C(=O)N1CCC(Cn2cncn2)(C2CCCCC2)CC1. The summed E-state index contributed by atoms with van der Waals surface area (Å²) in [5.74, 6) is 0.445. The lowest BCUT2D eigenvalue weighted by atomic mass is 9.63. The van der Waals surface area contributed by atoms with Gasteiger partial charge in [-0.25, -0.2) is 18.1 Å². The number of nitrogens with one attached hydrogen (secondary N) is 1. The highest BCUT2D eigenvalue weighted by molar-refractivity contribution is 7.88. The van der Waals surface area contributed by atoms with Gasteiger partial charge in [0.05, 0.1) is 6.26 Å². The fraction of sp³-hybridized carbons (Fsp3) is 0.625. The predicted octanol–water partition coefficient (Wildman–Crippen LogP) is 3.28. The first-order chi connectivity index (χ1) is 16.2. The number of amides is 1. The molecule has 1 aliphatic heterocycles. The van der Waals surface area contributed by atoms with E-state index in [-0.39, 0.29) is 17.7 Å². The molecule has 1 saturated carbocycles. The van der Waals surface area contributed by atoms with E-state index in [4.69, 9.17) is 11.6 Å². The van der Waals surface area contributed by atoms with Crippen LogP contribution in [0.1, 0.15) is 50.5 Å². The van der Waals surface area contributed by atoms with Gasteiger partial charge in [0.15, 0.2) is 0 Å². The molecule has 0 radical (unpaired) electrons. The molecule has 2 fully saturated rings. The van der Waals surface area contributed by atoms with E-state index in [0.717, 1.165) is 31.2 Å². The fourth-order valence-electron chi connectivity index (χ4n) is 5.73. The Morgan fingerprint density at radius 2 is 1.85 bits per heavy atom. The second-order valence-corrected chi connectivity index (χ2v) is 12.1. The molecule has 4 rings (SSSR count). The van der Waals surface area contributed by atoms with Crippen LogP contribution in [0.15, 0.2) is 36.9 Å². The van der Waals surface area contributed by atoms with E-state index in [0.29, 0.717) is 24.0 Å². The van der Waals surface area contributed by atoms with Crippen molar-refractivity contribution >= 4 is 27.5 Å². The van der Waals surface area contributed by atoms with Crippen LogP contribution < -0.4 is 4.72 Å². The van der Waals surface area contributed by atoms with E-state index in [2.05, 4.69) is 14.8 Å². The minimum absolute atomic E-state index is 0.0842. The van der Waals surface area contributed by atoms with Crippen LogP contribution in [0.4, 0.5) is 0 Å². The summed E-state index contributed by atoms with van der Waals surface area (Å²) >= 11 is 5.98. The van der Waals surface area contributed by atoms with Crippen LogP contribution in [0.25, 0.3) is 0 Å². The average molecular weight is 508 g/mol. The molecule has 0 unspecified atom stereocenters. The topological polar surface area (TPSA) is 97.2 Å². The maximum absolute atomic E-state index is 13.5. The Morgan fingerprint density at radius 3 is 2.44 bits per heavy atom.